The normalized spacial score (nSPS) is 11.4. The third kappa shape index (κ3) is 3.03. The summed E-state index contributed by atoms with van der Waals surface area (Å²) in [6.07, 6.45) is 3.92. The van der Waals surface area contributed by atoms with Gasteiger partial charge in [-0.15, -0.1) is 11.3 Å². The van der Waals surface area contributed by atoms with Gasteiger partial charge in [-0.1, -0.05) is 41.9 Å². The van der Waals surface area contributed by atoms with Crippen molar-refractivity contribution in [3.8, 4) is 11.1 Å². The summed E-state index contributed by atoms with van der Waals surface area (Å²) in [5, 5.41) is 10.9. The molecule has 0 bridgehead atoms. The summed E-state index contributed by atoms with van der Waals surface area (Å²) in [5.41, 5.74) is 9.92. The molecule has 2 aromatic heterocycles. The minimum Gasteiger partial charge on any atom is -0.365 e. The summed E-state index contributed by atoms with van der Waals surface area (Å²) < 4.78 is 0. The molecule has 0 saturated heterocycles. The molecule has 0 aliphatic heterocycles. The molecule has 0 spiro atoms. The van der Waals surface area contributed by atoms with Crippen molar-refractivity contribution in [2.45, 2.75) is 0 Å². The number of amides is 1. The number of nitrogens with one attached hydrogen (secondary N) is 1. The zero-order valence-corrected chi connectivity index (χ0v) is 15.1. The Hall–Kier alpha value is -2.89. The first kappa shape index (κ1) is 16.6. The van der Waals surface area contributed by atoms with E-state index in [9.17, 15) is 4.79 Å². The number of hydrogen-bond donors (Lipinski definition) is 2. The molecule has 4 nitrogen and oxygen atoms in total. The van der Waals surface area contributed by atoms with Crippen LogP contribution in [0.2, 0.25) is 5.02 Å². The second-order valence-corrected chi connectivity index (χ2v) is 7.10. The molecule has 0 aliphatic rings. The Bertz CT molecular complexity index is 1140. The molecule has 2 aromatic carbocycles. The number of halogens is 1. The Balaban J connectivity index is 1.80. The molecule has 0 unspecified atom stereocenters. The Morgan fingerprint density at radius 3 is 2.81 bits per heavy atom. The second kappa shape index (κ2) is 6.78. The van der Waals surface area contributed by atoms with Crippen molar-refractivity contribution < 1.29 is 4.79 Å². The number of primary amides is 1. The summed E-state index contributed by atoms with van der Waals surface area (Å²) in [5.74, 6) is -0.441. The van der Waals surface area contributed by atoms with Crippen molar-refractivity contribution in [1.29, 1.82) is 0 Å². The number of carbonyl (C=O) groups excluding carboxylic acids is 1. The maximum atomic E-state index is 11.7. The van der Waals surface area contributed by atoms with Crippen molar-refractivity contribution in [2.75, 3.05) is 0 Å². The summed E-state index contributed by atoms with van der Waals surface area (Å²) >= 11 is 7.51. The smallest absolute Gasteiger partial charge is 0.259 e. The number of aromatic nitrogens is 2. The molecule has 0 fully saturated rings. The van der Waals surface area contributed by atoms with Crippen LogP contribution < -0.4 is 5.73 Å². The minimum absolute atomic E-state index is 0.441. The predicted octanol–water partition coefficient (Wildman–Crippen LogP) is 5.21. The lowest BCUT2D eigenvalue weighted by atomic mass is 9.99. The van der Waals surface area contributed by atoms with Crippen LogP contribution >= 0.6 is 22.9 Å². The Kier molecular flexibility index (Phi) is 4.32. The van der Waals surface area contributed by atoms with Crippen LogP contribution in [0.4, 0.5) is 0 Å². The minimum atomic E-state index is -0.441. The van der Waals surface area contributed by atoms with Crippen LogP contribution in [0.15, 0.2) is 53.9 Å². The fourth-order valence-corrected chi connectivity index (χ4v) is 3.83. The Labute approximate surface area is 158 Å². The maximum absolute atomic E-state index is 11.7. The number of fused-ring (bicyclic) bond motifs is 1. The molecule has 4 aromatic rings. The molecule has 3 N–H and O–H groups in total. The largest absolute Gasteiger partial charge is 0.365 e. The second-order valence-electron chi connectivity index (χ2n) is 5.75. The molecule has 1 amide bonds. The lowest BCUT2D eigenvalue weighted by Crippen LogP contribution is -2.10. The van der Waals surface area contributed by atoms with E-state index < -0.39 is 5.91 Å². The number of rotatable bonds is 4. The number of para-hydroxylation sites is 1. The fourth-order valence-electron chi connectivity index (χ4n) is 2.90. The van der Waals surface area contributed by atoms with Gasteiger partial charge in [0.1, 0.15) is 0 Å². The molecule has 0 radical (unpaired) electrons. The standard InChI is InChI=1S/C20H14ClN3OS/c21-13-7-5-12(16(11-13)14-9-10-26-19(14)20(22)25)6-8-18-15-3-1-2-4-17(15)23-24-18/h1-11H,(H2,22,25)(H,23,24)/b8-6+. The number of nitrogens with zero attached hydrogens (tertiary/aromatic N) is 1. The van der Waals surface area contributed by atoms with E-state index in [1.807, 2.05) is 66.1 Å². The van der Waals surface area contributed by atoms with Crippen LogP contribution in [0.1, 0.15) is 20.9 Å². The van der Waals surface area contributed by atoms with Gasteiger partial charge in [-0.25, -0.2) is 0 Å². The van der Waals surface area contributed by atoms with Crippen LogP contribution in [0.5, 0.6) is 0 Å². The van der Waals surface area contributed by atoms with E-state index in [4.69, 9.17) is 17.3 Å². The molecule has 0 aliphatic carbocycles. The monoisotopic (exact) mass is 379 g/mol. The number of benzene rings is 2. The van der Waals surface area contributed by atoms with Crippen molar-refractivity contribution in [3.05, 3.63) is 75.1 Å². The van der Waals surface area contributed by atoms with Crippen LogP contribution in [-0.2, 0) is 0 Å². The van der Waals surface area contributed by atoms with Gasteiger partial charge in [0.2, 0.25) is 0 Å². The average molecular weight is 380 g/mol. The van der Waals surface area contributed by atoms with Crippen LogP contribution in [0.3, 0.4) is 0 Å². The number of nitrogens with two attached hydrogens (primary N) is 1. The van der Waals surface area contributed by atoms with E-state index in [1.54, 1.807) is 0 Å². The molecule has 4 rings (SSSR count). The quantitative estimate of drug-likeness (QED) is 0.510. The van der Waals surface area contributed by atoms with Crippen LogP contribution in [0, 0.1) is 0 Å². The van der Waals surface area contributed by atoms with Crippen molar-refractivity contribution in [2.24, 2.45) is 5.73 Å². The van der Waals surface area contributed by atoms with E-state index in [0.29, 0.717) is 9.90 Å². The highest BCUT2D eigenvalue weighted by molar-refractivity contribution is 7.12. The van der Waals surface area contributed by atoms with Gasteiger partial charge in [-0.05, 0) is 46.8 Å². The van der Waals surface area contributed by atoms with Crippen molar-refractivity contribution >= 4 is 51.9 Å². The van der Waals surface area contributed by atoms with E-state index in [1.165, 1.54) is 11.3 Å². The van der Waals surface area contributed by atoms with E-state index in [2.05, 4.69) is 10.2 Å². The Morgan fingerprint density at radius 2 is 1.96 bits per heavy atom. The number of hydrogen-bond acceptors (Lipinski definition) is 3. The highest BCUT2D eigenvalue weighted by atomic mass is 35.5. The first-order valence-corrected chi connectivity index (χ1v) is 9.17. The molecule has 128 valence electrons. The van der Waals surface area contributed by atoms with Gasteiger partial charge >= 0.3 is 0 Å². The first-order chi connectivity index (χ1) is 12.6. The fraction of sp³-hybridized carbons (Fsp3) is 0. The van der Waals surface area contributed by atoms with Gasteiger partial charge in [0.15, 0.2) is 0 Å². The van der Waals surface area contributed by atoms with Crippen molar-refractivity contribution in [3.63, 3.8) is 0 Å². The average Bonchev–Trinajstić information content (AvgIpc) is 3.28. The number of H-pyrrole nitrogens is 1. The number of thiophene rings is 1. The summed E-state index contributed by atoms with van der Waals surface area (Å²) in [4.78, 5) is 12.2. The predicted molar refractivity (Wildman–Crippen MR) is 108 cm³/mol. The third-order valence-corrected chi connectivity index (χ3v) is 5.28. The molecule has 0 atom stereocenters. The highest BCUT2D eigenvalue weighted by Crippen LogP contribution is 2.33. The molecule has 2 heterocycles. The molecule has 6 heteroatoms. The first-order valence-electron chi connectivity index (χ1n) is 7.92. The van der Waals surface area contributed by atoms with Crippen LogP contribution in [0.25, 0.3) is 34.2 Å². The van der Waals surface area contributed by atoms with E-state index >= 15 is 0 Å². The number of aromatic amines is 1. The zero-order valence-electron chi connectivity index (χ0n) is 13.6. The van der Waals surface area contributed by atoms with Crippen LogP contribution in [-0.4, -0.2) is 16.1 Å². The summed E-state index contributed by atoms with van der Waals surface area (Å²) in [7, 11) is 0. The third-order valence-electron chi connectivity index (χ3n) is 4.12. The number of carbonyl (C=O) groups is 1. The molecular weight excluding hydrogens is 366 g/mol. The molecular formula is C20H14ClN3OS. The van der Waals surface area contributed by atoms with Crippen molar-refractivity contribution in [1.82, 2.24) is 10.2 Å². The molecule has 26 heavy (non-hydrogen) atoms. The van der Waals surface area contributed by atoms with Gasteiger partial charge in [-0.3, -0.25) is 9.89 Å². The SMILES string of the molecule is NC(=O)c1sccc1-c1cc(Cl)ccc1/C=C/c1n[nH]c2ccccc12. The van der Waals surface area contributed by atoms with E-state index in [0.717, 1.165) is 33.3 Å². The van der Waals surface area contributed by atoms with Gasteiger partial charge in [0.05, 0.1) is 16.1 Å². The highest BCUT2D eigenvalue weighted by Gasteiger charge is 2.14. The summed E-state index contributed by atoms with van der Waals surface area (Å²) in [6.45, 7) is 0. The Morgan fingerprint density at radius 1 is 1.12 bits per heavy atom. The lowest BCUT2D eigenvalue weighted by molar-refractivity contribution is 0.100. The van der Waals surface area contributed by atoms with Gasteiger partial charge in [0, 0.05) is 16.0 Å². The van der Waals surface area contributed by atoms with Gasteiger partial charge < -0.3 is 5.73 Å². The van der Waals surface area contributed by atoms with Gasteiger partial charge in [0.25, 0.3) is 5.91 Å². The zero-order chi connectivity index (χ0) is 18.1. The van der Waals surface area contributed by atoms with Gasteiger partial charge in [-0.2, -0.15) is 5.10 Å². The van der Waals surface area contributed by atoms with E-state index in [-0.39, 0.29) is 0 Å². The summed E-state index contributed by atoms with van der Waals surface area (Å²) in [6, 6.07) is 15.4. The lowest BCUT2D eigenvalue weighted by Gasteiger charge is -2.07. The topological polar surface area (TPSA) is 71.8 Å². The maximum Gasteiger partial charge on any atom is 0.259 e. The molecule has 0 saturated carbocycles.